The molecule has 0 saturated heterocycles. The number of hydrogen-bond donors (Lipinski definition) is 1. The van der Waals surface area contributed by atoms with E-state index in [1.165, 1.54) is 11.3 Å². The van der Waals surface area contributed by atoms with Gasteiger partial charge in [-0.25, -0.2) is 18.1 Å². The zero-order valence-corrected chi connectivity index (χ0v) is 17.3. The summed E-state index contributed by atoms with van der Waals surface area (Å²) in [6.45, 7) is 0.268. The fourth-order valence-corrected chi connectivity index (χ4v) is 4.84. The van der Waals surface area contributed by atoms with Crippen LogP contribution in [-0.4, -0.2) is 32.2 Å². The zero-order valence-electron chi connectivity index (χ0n) is 15.7. The van der Waals surface area contributed by atoms with Gasteiger partial charge < -0.3 is 9.26 Å². The van der Waals surface area contributed by atoms with Crippen molar-refractivity contribution < 1.29 is 17.7 Å². The number of ether oxygens (including phenoxy) is 1. The molecule has 7 nitrogen and oxygen atoms in total. The monoisotopic (exact) mass is 429 g/mol. The Bertz CT molecular complexity index is 1210. The Kier molecular flexibility index (Phi) is 5.61. The van der Waals surface area contributed by atoms with E-state index in [-0.39, 0.29) is 12.3 Å². The van der Waals surface area contributed by atoms with Crippen LogP contribution in [0.15, 0.2) is 58.4 Å². The highest BCUT2D eigenvalue weighted by molar-refractivity contribution is 7.88. The van der Waals surface area contributed by atoms with Crippen molar-refractivity contribution >= 4 is 32.3 Å². The summed E-state index contributed by atoms with van der Waals surface area (Å²) < 4.78 is 37.7. The molecule has 150 valence electrons. The van der Waals surface area contributed by atoms with Crippen molar-refractivity contribution in [2.75, 3.05) is 13.7 Å². The van der Waals surface area contributed by atoms with Crippen molar-refractivity contribution in [3.05, 3.63) is 65.3 Å². The molecule has 9 heteroatoms. The number of sulfonamides is 1. The third-order valence-electron chi connectivity index (χ3n) is 4.37. The van der Waals surface area contributed by atoms with E-state index < -0.39 is 10.0 Å². The van der Waals surface area contributed by atoms with Crippen molar-refractivity contribution in [3.63, 3.8) is 0 Å². The third-order valence-corrected chi connectivity index (χ3v) is 6.61. The van der Waals surface area contributed by atoms with E-state index in [2.05, 4.69) is 14.9 Å². The van der Waals surface area contributed by atoms with E-state index in [1.807, 2.05) is 41.8 Å². The number of nitrogens with one attached hydrogen (secondary N) is 1. The molecule has 4 rings (SSSR count). The molecule has 1 N–H and O–H groups in total. The SMILES string of the molecule is COc1ccc(-c2nc(CCNS(=O)(=O)Cc3noc4ccccc34)cs2)cc1. The second-order valence-electron chi connectivity index (χ2n) is 6.40. The standard InChI is InChI=1S/C20H19N3O4S2/c1-26-16-8-6-14(7-9-16)20-22-15(12-28-20)10-11-21-29(24,25)13-18-17-4-2-3-5-19(17)27-23-18/h2-9,12,21H,10-11,13H2,1H3. The number of rotatable bonds is 8. The summed E-state index contributed by atoms with van der Waals surface area (Å²) >= 11 is 1.53. The lowest BCUT2D eigenvalue weighted by molar-refractivity contribution is 0.415. The maximum Gasteiger partial charge on any atom is 0.217 e. The molecule has 2 heterocycles. The Morgan fingerprint density at radius 1 is 1.14 bits per heavy atom. The highest BCUT2D eigenvalue weighted by atomic mass is 32.2. The van der Waals surface area contributed by atoms with E-state index in [9.17, 15) is 8.42 Å². The largest absolute Gasteiger partial charge is 0.497 e. The van der Waals surface area contributed by atoms with Gasteiger partial charge in [-0.1, -0.05) is 17.3 Å². The van der Waals surface area contributed by atoms with Crippen LogP contribution in [-0.2, 0) is 22.2 Å². The van der Waals surface area contributed by atoms with Gasteiger partial charge in [0.1, 0.15) is 22.2 Å². The molecule has 0 fully saturated rings. The predicted molar refractivity (Wildman–Crippen MR) is 112 cm³/mol. The van der Waals surface area contributed by atoms with Crippen molar-refractivity contribution in [2.24, 2.45) is 0 Å². The van der Waals surface area contributed by atoms with Gasteiger partial charge >= 0.3 is 0 Å². The van der Waals surface area contributed by atoms with Crippen LogP contribution in [0.4, 0.5) is 0 Å². The van der Waals surface area contributed by atoms with Crippen LogP contribution in [0.1, 0.15) is 11.4 Å². The lowest BCUT2D eigenvalue weighted by Crippen LogP contribution is -2.27. The van der Waals surface area contributed by atoms with Gasteiger partial charge in [0.25, 0.3) is 0 Å². The Labute approximate surface area is 172 Å². The molecule has 29 heavy (non-hydrogen) atoms. The first kappa shape index (κ1) is 19.6. The van der Waals surface area contributed by atoms with E-state index in [0.717, 1.165) is 22.0 Å². The summed E-state index contributed by atoms with van der Waals surface area (Å²) in [4.78, 5) is 4.59. The highest BCUT2D eigenvalue weighted by Gasteiger charge is 2.17. The summed E-state index contributed by atoms with van der Waals surface area (Å²) in [6.07, 6.45) is 0.505. The maximum atomic E-state index is 12.4. The molecule has 0 saturated carbocycles. The number of methoxy groups -OCH3 is 1. The fourth-order valence-electron chi connectivity index (χ4n) is 2.90. The second kappa shape index (κ2) is 8.32. The quantitative estimate of drug-likeness (QED) is 0.460. The first-order valence-corrected chi connectivity index (χ1v) is 11.5. The third kappa shape index (κ3) is 4.64. The number of fused-ring (bicyclic) bond motifs is 1. The summed E-state index contributed by atoms with van der Waals surface area (Å²) in [7, 11) is -1.90. The summed E-state index contributed by atoms with van der Waals surface area (Å²) in [5.74, 6) is 0.567. The number of hydrogen-bond acceptors (Lipinski definition) is 7. The van der Waals surface area contributed by atoms with Gasteiger partial charge in [-0.3, -0.25) is 0 Å². The molecule has 0 aliphatic carbocycles. The van der Waals surface area contributed by atoms with Gasteiger partial charge in [-0.15, -0.1) is 11.3 Å². The average Bonchev–Trinajstić information content (AvgIpc) is 3.35. The fraction of sp³-hybridized carbons (Fsp3) is 0.200. The molecule has 0 unspecified atom stereocenters. The maximum absolute atomic E-state index is 12.4. The lowest BCUT2D eigenvalue weighted by Gasteiger charge is -2.04. The first-order valence-electron chi connectivity index (χ1n) is 8.93. The van der Waals surface area contributed by atoms with Gasteiger partial charge in [-0.2, -0.15) is 0 Å². The van der Waals surface area contributed by atoms with Crippen LogP contribution in [0.25, 0.3) is 21.5 Å². The van der Waals surface area contributed by atoms with Crippen molar-refractivity contribution in [3.8, 4) is 16.3 Å². The van der Waals surface area contributed by atoms with Crippen LogP contribution < -0.4 is 9.46 Å². The Balaban J connectivity index is 1.35. The van der Waals surface area contributed by atoms with Crippen LogP contribution in [0.3, 0.4) is 0 Å². The van der Waals surface area contributed by atoms with Gasteiger partial charge in [0.05, 0.1) is 12.8 Å². The molecule has 0 spiro atoms. The molecule has 0 amide bonds. The molecule has 0 aliphatic heterocycles. The van der Waals surface area contributed by atoms with Crippen molar-refractivity contribution in [1.82, 2.24) is 14.9 Å². The molecule has 0 aliphatic rings. The van der Waals surface area contributed by atoms with Crippen molar-refractivity contribution in [2.45, 2.75) is 12.2 Å². The van der Waals surface area contributed by atoms with Gasteiger partial charge in [-0.05, 0) is 36.4 Å². The molecular weight excluding hydrogens is 410 g/mol. The molecule has 2 aromatic heterocycles. The predicted octanol–water partition coefficient (Wildman–Crippen LogP) is 3.62. The van der Waals surface area contributed by atoms with Gasteiger partial charge in [0.15, 0.2) is 5.58 Å². The molecule has 0 radical (unpaired) electrons. The molecule has 2 aromatic carbocycles. The lowest BCUT2D eigenvalue weighted by atomic mass is 10.2. The highest BCUT2D eigenvalue weighted by Crippen LogP contribution is 2.26. The van der Waals surface area contributed by atoms with Crippen molar-refractivity contribution in [1.29, 1.82) is 0 Å². The Morgan fingerprint density at radius 2 is 1.93 bits per heavy atom. The summed E-state index contributed by atoms with van der Waals surface area (Å²) in [5, 5.41) is 7.42. The number of thiazole rings is 1. The smallest absolute Gasteiger partial charge is 0.217 e. The zero-order chi connectivity index (χ0) is 20.3. The van der Waals surface area contributed by atoms with Gasteiger partial charge in [0.2, 0.25) is 10.0 Å². The molecule has 0 bridgehead atoms. The van der Waals surface area contributed by atoms with E-state index in [4.69, 9.17) is 9.26 Å². The summed E-state index contributed by atoms with van der Waals surface area (Å²) in [6, 6.07) is 14.9. The Hall–Kier alpha value is -2.75. The van der Waals surface area contributed by atoms with Crippen LogP contribution >= 0.6 is 11.3 Å². The van der Waals surface area contributed by atoms with Gasteiger partial charge in [0, 0.05) is 29.3 Å². The van der Waals surface area contributed by atoms with E-state index >= 15 is 0 Å². The number of para-hydroxylation sites is 1. The average molecular weight is 430 g/mol. The summed E-state index contributed by atoms with van der Waals surface area (Å²) in [5.41, 5.74) is 2.82. The van der Waals surface area contributed by atoms with Crippen LogP contribution in [0, 0.1) is 0 Å². The molecule has 0 atom stereocenters. The second-order valence-corrected chi connectivity index (χ2v) is 9.07. The van der Waals surface area contributed by atoms with E-state index in [1.54, 1.807) is 19.2 Å². The topological polar surface area (TPSA) is 94.3 Å². The first-order chi connectivity index (χ1) is 14.0. The number of nitrogens with zero attached hydrogens (tertiary/aromatic N) is 2. The Morgan fingerprint density at radius 3 is 2.72 bits per heavy atom. The number of benzene rings is 2. The van der Waals surface area contributed by atoms with Crippen LogP contribution in [0.2, 0.25) is 0 Å². The normalized spacial score (nSPS) is 11.8. The minimum atomic E-state index is -3.53. The molecular formula is C20H19N3O4S2. The van der Waals surface area contributed by atoms with E-state index in [0.29, 0.717) is 23.1 Å². The minimum absolute atomic E-state index is 0.224. The minimum Gasteiger partial charge on any atom is -0.497 e. The van der Waals surface area contributed by atoms with Crippen LogP contribution in [0.5, 0.6) is 5.75 Å². The molecule has 4 aromatic rings. The number of aromatic nitrogens is 2.